The van der Waals surface area contributed by atoms with Crippen LogP contribution in [0.3, 0.4) is 0 Å². The van der Waals surface area contributed by atoms with E-state index in [0.29, 0.717) is 6.79 Å². The highest BCUT2D eigenvalue weighted by Crippen LogP contribution is 2.32. The van der Waals surface area contributed by atoms with E-state index in [-0.39, 0.29) is 0 Å². The zero-order valence-electron chi connectivity index (χ0n) is 17.0. The summed E-state index contributed by atoms with van der Waals surface area (Å²) < 4.78 is 10.9. The summed E-state index contributed by atoms with van der Waals surface area (Å²) >= 11 is 0. The molecule has 2 aliphatic heterocycles. The average Bonchev–Trinajstić information content (AvgIpc) is 3.22. The van der Waals surface area contributed by atoms with Gasteiger partial charge in [0.2, 0.25) is 6.79 Å². The van der Waals surface area contributed by atoms with Crippen LogP contribution in [0.15, 0.2) is 47.7 Å². The Labute approximate surface area is 172 Å². The van der Waals surface area contributed by atoms with Gasteiger partial charge in [0.25, 0.3) is 0 Å². The van der Waals surface area contributed by atoms with Crippen LogP contribution in [0.2, 0.25) is 0 Å². The van der Waals surface area contributed by atoms with E-state index in [0.717, 1.165) is 69.7 Å². The van der Waals surface area contributed by atoms with E-state index in [1.165, 1.54) is 11.1 Å². The predicted octanol–water partition coefficient (Wildman–Crippen LogP) is 2.14. The van der Waals surface area contributed by atoms with Gasteiger partial charge in [0.15, 0.2) is 17.5 Å². The number of aromatic nitrogens is 1. The van der Waals surface area contributed by atoms with Crippen LogP contribution in [0.5, 0.6) is 11.5 Å². The number of hydrogen-bond donors (Lipinski definition) is 1. The van der Waals surface area contributed by atoms with Gasteiger partial charge in [-0.05, 0) is 42.7 Å². The first kappa shape index (κ1) is 19.5. The lowest BCUT2D eigenvalue weighted by atomic mass is 10.1. The summed E-state index contributed by atoms with van der Waals surface area (Å²) in [7, 11) is 0. The molecule has 7 nitrogen and oxygen atoms in total. The van der Waals surface area contributed by atoms with Crippen molar-refractivity contribution in [1.82, 2.24) is 20.1 Å². The van der Waals surface area contributed by atoms with Gasteiger partial charge >= 0.3 is 0 Å². The molecular formula is C22H29N5O2. The van der Waals surface area contributed by atoms with Crippen molar-refractivity contribution in [1.29, 1.82) is 0 Å². The number of pyridine rings is 1. The lowest BCUT2D eigenvalue weighted by Crippen LogP contribution is -2.52. The molecule has 4 rings (SSSR count). The minimum atomic E-state index is 0.324. The van der Waals surface area contributed by atoms with Gasteiger partial charge in [0.1, 0.15) is 0 Å². The zero-order valence-corrected chi connectivity index (χ0v) is 17.0. The third kappa shape index (κ3) is 5.17. The van der Waals surface area contributed by atoms with Crippen molar-refractivity contribution in [2.45, 2.75) is 19.9 Å². The average molecular weight is 396 g/mol. The van der Waals surface area contributed by atoms with E-state index in [1.807, 2.05) is 18.3 Å². The summed E-state index contributed by atoms with van der Waals surface area (Å²) in [5, 5.41) is 3.44. The van der Waals surface area contributed by atoms with E-state index < -0.39 is 0 Å². The summed E-state index contributed by atoms with van der Waals surface area (Å²) in [6, 6.07) is 10.3. The molecule has 0 saturated carbocycles. The Morgan fingerprint density at radius 3 is 2.76 bits per heavy atom. The number of benzene rings is 1. The molecule has 0 aliphatic carbocycles. The fourth-order valence-corrected chi connectivity index (χ4v) is 3.68. The number of nitrogens with zero attached hydrogens (tertiary/aromatic N) is 4. The SMILES string of the molecule is CCNC(=NCCc1cccnc1)N1CCN(Cc2ccc3c(c2)OCO3)CC1. The second kappa shape index (κ2) is 9.60. The third-order valence-corrected chi connectivity index (χ3v) is 5.23. The molecule has 1 saturated heterocycles. The van der Waals surface area contributed by atoms with E-state index in [2.05, 4.69) is 45.2 Å². The first-order valence-electron chi connectivity index (χ1n) is 10.3. The number of rotatable bonds is 6. The van der Waals surface area contributed by atoms with Crippen molar-refractivity contribution >= 4 is 5.96 Å². The first-order chi connectivity index (χ1) is 14.3. The summed E-state index contributed by atoms with van der Waals surface area (Å²) in [4.78, 5) is 13.9. The van der Waals surface area contributed by atoms with Crippen molar-refractivity contribution in [3.05, 3.63) is 53.9 Å². The monoisotopic (exact) mass is 395 g/mol. The lowest BCUT2D eigenvalue weighted by Gasteiger charge is -2.36. The summed E-state index contributed by atoms with van der Waals surface area (Å²) in [5.74, 6) is 2.71. The number of guanidine groups is 1. The van der Waals surface area contributed by atoms with E-state index in [1.54, 1.807) is 6.20 Å². The number of aliphatic imine (C=N–C) groups is 1. The molecule has 1 aromatic heterocycles. The number of piperazine rings is 1. The minimum absolute atomic E-state index is 0.324. The predicted molar refractivity (Wildman–Crippen MR) is 113 cm³/mol. The minimum Gasteiger partial charge on any atom is -0.454 e. The quantitative estimate of drug-likeness (QED) is 0.597. The second-order valence-electron chi connectivity index (χ2n) is 7.30. The van der Waals surface area contributed by atoms with Gasteiger partial charge in [0.05, 0.1) is 0 Å². The van der Waals surface area contributed by atoms with Gasteiger partial charge in [-0.15, -0.1) is 0 Å². The Hall–Kier alpha value is -2.80. The van der Waals surface area contributed by atoms with Gasteiger partial charge in [-0.1, -0.05) is 12.1 Å². The molecule has 0 amide bonds. The van der Waals surface area contributed by atoms with Crippen LogP contribution >= 0.6 is 0 Å². The highest BCUT2D eigenvalue weighted by Gasteiger charge is 2.20. The lowest BCUT2D eigenvalue weighted by molar-refractivity contribution is 0.171. The van der Waals surface area contributed by atoms with Gasteiger partial charge in [-0.25, -0.2) is 0 Å². The van der Waals surface area contributed by atoms with Crippen molar-refractivity contribution < 1.29 is 9.47 Å². The highest BCUT2D eigenvalue weighted by atomic mass is 16.7. The summed E-state index contributed by atoms with van der Waals surface area (Å²) in [6.07, 6.45) is 4.63. The number of hydrogen-bond acceptors (Lipinski definition) is 5. The molecule has 2 aromatic rings. The Bertz CT molecular complexity index is 819. The van der Waals surface area contributed by atoms with Crippen LogP contribution in [0.1, 0.15) is 18.1 Å². The van der Waals surface area contributed by atoms with Gasteiger partial charge in [-0.3, -0.25) is 14.9 Å². The topological polar surface area (TPSA) is 62.2 Å². The van der Waals surface area contributed by atoms with Crippen molar-refractivity contribution in [3.63, 3.8) is 0 Å². The van der Waals surface area contributed by atoms with Crippen LogP contribution in [0.25, 0.3) is 0 Å². The standard InChI is InChI=1S/C22H29N5O2/c1-2-24-22(25-9-7-18-4-3-8-23-15-18)27-12-10-26(11-13-27)16-19-5-6-20-21(14-19)29-17-28-20/h3-6,8,14-15H,2,7,9-13,16-17H2,1H3,(H,24,25). The summed E-state index contributed by atoms with van der Waals surface area (Å²) in [5.41, 5.74) is 2.49. The molecule has 0 unspecified atom stereocenters. The molecule has 29 heavy (non-hydrogen) atoms. The molecule has 0 bridgehead atoms. The molecular weight excluding hydrogens is 366 g/mol. The van der Waals surface area contributed by atoms with E-state index in [9.17, 15) is 0 Å². The molecule has 154 valence electrons. The second-order valence-corrected chi connectivity index (χ2v) is 7.30. The Morgan fingerprint density at radius 2 is 1.97 bits per heavy atom. The molecule has 2 aliphatic rings. The van der Waals surface area contributed by atoms with Crippen LogP contribution in [-0.2, 0) is 13.0 Å². The fourth-order valence-electron chi connectivity index (χ4n) is 3.68. The zero-order chi connectivity index (χ0) is 19.9. The van der Waals surface area contributed by atoms with Crippen LogP contribution in [0, 0.1) is 0 Å². The van der Waals surface area contributed by atoms with Crippen molar-refractivity contribution in [2.24, 2.45) is 4.99 Å². The molecule has 0 spiro atoms. The molecule has 1 N–H and O–H groups in total. The van der Waals surface area contributed by atoms with Gasteiger partial charge < -0.3 is 19.7 Å². The maximum atomic E-state index is 5.50. The molecule has 1 aromatic carbocycles. The highest BCUT2D eigenvalue weighted by molar-refractivity contribution is 5.80. The Balaban J connectivity index is 1.29. The van der Waals surface area contributed by atoms with Crippen molar-refractivity contribution in [2.75, 3.05) is 46.1 Å². The third-order valence-electron chi connectivity index (χ3n) is 5.23. The Morgan fingerprint density at radius 1 is 1.10 bits per heavy atom. The van der Waals surface area contributed by atoms with Crippen LogP contribution in [-0.4, -0.2) is 66.8 Å². The smallest absolute Gasteiger partial charge is 0.231 e. The Kier molecular flexibility index (Phi) is 6.46. The molecule has 0 atom stereocenters. The van der Waals surface area contributed by atoms with Crippen molar-refractivity contribution in [3.8, 4) is 11.5 Å². The van der Waals surface area contributed by atoms with Gasteiger partial charge in [-0.2, -0.15) is 0 Å². The fraction of sp³-hybridized carbons (Fsp3) is 0.455. The molecule has 1 fully saturated rings. The normalized spacial score (nSPS) is 16.9. The maximum absolute atomic E-state index is 5.50. The van der Waals surface area contributed by atoms with Crippen LogP contribution < -0.4 is 14.8 Å². The first-order valence-corrected chi connectivity index (χ1v) is 10.3. The molecule has 7 heteroatoms. The van der Waals surface area contributed by atoms with Crippen LogP contribution in [0.4, 0.5) is 0 Å². The number of ether oxygens (including phenoxy) is 2. The van der Waals surface area contributed by atoms with Gasteiger partial charge in [0, 0.05) is 58.2 Å². The summed E-state index contributed by atoms with van der Waals surface area (Å²) in [6.45, 7) is 9.00. The molecule has 0 radical (unpaired) electrons. The maximum Gasteiger partial charge on any atom is 0.231 e. The molecule has 3 heterocycles. The van der Waals surface area contributed by atoms with E-state index in [4.69, 9.17) is 14.5 Å². The largest absolute Gasteiger partial charge is 0.454 e. The van der Waals surface area contributed by atoms with E-state index >= 15 is 0 Å². The number of fused-ring (bicyclic) bond motifs is 1. The number of nitrogens with one attached hydrogen (secondary N) is 1.